The third kappa shape index (κ3) is 3.30. The molecule has 0 aliphatic heterocycles. The van der Waals surface area contributed by atoms with E-state index >= 15 is 0 Å². The zero-order valence-corrected chi connectivity index (χ0v) is 12.5. The maximum absolute atomic E-state index is 12.1. The first kappa shape index (κ1) is 15.7. The quantitative estimate of drug-likeness (QED) is 0.478. The predicted octanol–water partition coefficient (Wildman–Crippen LogP) is 3.05. The maximum atomic E-state index is 12.1. The molecule has 0 unspecified atom stereocenters. The second-order valence-electron chi connectivity index (χ2n) is 4.99. The van der Waals surface area contributed by atoms with Gasteiger partial charge in [0.2, 0.25) is 0 Å². The van der Waals surface area contributed by atoms with Gasteiger partial charge in [-0.05, 0) is 38.5 Å². The van der Waals surface area contributed by atoms with Crippen LogP contribution in [0.2, 0.25) is 0 Å². The van der Waals surface area contributed by atoms with E-state index in [0.717, 1.165) is 5.56 Å². The first-order chi connectivity index (χ1) is 10.4. The van der Waals surface area contributed by atoms with E-state index in [1.165, 1.54) is 12.1 Å². The Bertz CT molecular complexity index is 671. The van der Waals surface area contributed by atoms with Gasteiger partial charge in [-0.1, -0.05) is 5.16 Å². The van der Waals surface area contributed by atoms with Crippen LogP contribution >= 0.6 is 0 Å². The highest BCUT2D eigenvalue weighted by molar-refractivity contribution is 5.78. The van der Waals surface area contributed by atoms with Crippen molar-refractivity contribution in [2.75, 3.05) is 0 Å². The van der Waals surface area contributed by atoms with Crippen LogP contribution in [0.4, 0.5) is 5.69 Å². The van der Waals surface area contributed by atoms with Crippen molar-refractivity contribution in [3.63, 3.8) is 0 Å². The normalized spacial score (nSPS) is 12.0. The van der Waals surface area contributed by atoms with E-state index in [4.69, 9.17) is 9.26 Å². The largest absolute Gasteiger partial charge is 0.460 e. The molecule has 1 aromatic carbocycles. The van der Waals surface area contributed by atoms with Crippen molar-refractivity contribution in [2.24, 2.45) is 0 Å². The molecule has 0 fully saturated rings. The van der Waals surface area contributed by atoms with Crippen molar-refractivity contribution in [2.45, 2.75) is 33.3 Å². The van der Waals surface area contributed by atoms with Crippen molar-refractivity contribution in [1.29, 1.82) is 0 Å². The summed E-state index contributed by atoms with van der Waals surface area (Å²) >= 11 is 0. The fourth-order valence-electron chi connectivity index (χ4n) is 2.22. The number of rotatable bonds is 5. The Balaban J connectivity index is 1.99. The smallest absolute Gasteiger partial charge is 0.313 e. The Kier molecular flexibility index (Phi) is 4.55. The second-order valence-corrected chi connectivity index (χ2v) is 4.99. The van der Waals surface area contributed by atoms with Crippen molar-refractivity contribution in [1.82, 2.24) is 5.16 Å². The minimum atomic E-state index is -0.482. The average Bonchev–Trinajstić information content (AvgIpc) is 2.83. The van der Waals surface area contributed by atoms with E-state index in [2.05, 4.69) is 5.16 Å². The number of ether oxygens (including phenoxy) is 1. The van der Waals surface area contributed by atoms with Crippen LogP contribution < -0.4 is 0 Å². The van der Waals surface area contributed by atoms with Gasteiger partial charge in [-0.25, -0.2) is 0 Å². The molecule has 0 N–H and O–H groups in total. The topological polar surface area (TPSA) is 95.5 Å². The number of nitrogens with zero attached hydrogens (tertiary/aromatic N) is 2. The number of nitro groups is 1. The number of esters is 1. The van der Waals surface area contributed by atoms with Gasteiger partial charge in [0.15, 0.2) is 0 Å². The highest BCUT2D eigenvalue weighted by Crippen LogP contribution is 2.24. The minimum Gasteiger partial charge on any atom is -0.460 e. The van der Waals surface area contributed by atoms with Gasteiger partial charge in [0.25, 0.3) is 5.69 Å². The molecular weight excluding hydrogens is 288 g/mol. The first-order valence-corrected chi connectivity index (χ1v) is 6.73. The van der Waals surface area contributed by atoms with E-state index in [-0.39, 0.29) is 12.3 Å². The first-order valence-electron chi connectivity index (χ1n) is 6.73. The summed E-state index contributed by atoms with van der Waals surface area (Å²) in [6, 6.07) is 5.87. The molecule has 0 aliphatic rings. The monoisotopic (exact) mass is 304 g/mol. The Morgan fingerprint density at radius 3 is 2.50 bits per heavy atom. The van der Waals surface area contributed by atoms with Crippen LogP contribution in [0, 0.1) is 24.0 Å². The molecule has 2 aromatic rings. The van der Waals surface area contributed by atoms with Crippen LogP contribution in [0.5, 0.6) is 0 Å². The summed E-state index contributed by atoms with van der Waals surface area (Å²) in [5.74, 6) is -0.283. The molecule has 1 atom stereocenters. The molecule has 1 aromatic heterocycles. The van der Waals surface area contributed by atoms with Gasteiger partial charge in [-0.2, -0.15) is 0 Å². The molecule has 22 heavy (non-hydrogen) atoms. The van der Waals surface area contributed by atoms with Gasteiger partial charge in [0.05, 0.1) is 16.5 Å². The number of nitro benzene ring substituents is 1. The molecule has 0 spiro atoms. The standard InChI is InChI=1S/C15H16N2O5/c1-9(14-10(2)16-22-11(14)3)15(18)21-8-12-4-6-13(7-5-12)17(19)20/h4-7,9H,8H2,1-3H3/t9-/m1/s1. The fraction of sp³-hybridized carbons (Fsp3) is 0.333. The number of carbonyl (C=O) groups excluding carboxylic acids is 1. The zero-order valence-electron chi connectivity index (χ0n) is 12.5. The maximum Gasteiger partial charge on any atom is 0.313 e. The molecule has 7 heteroatoms. The SMILES string of the molecule is Cc1noc(C)c1[C@@H](C)C(=O)OCc1ccc([N+](=O)[O-])cc1. The van der Waals surface area contributed by atoms with Crippen molar-refractivity contribution in [3.8, 4) is 0 Å². The van der Waals surface area contributed by atoms with Gasteiger partial charge in [-0.3, -0.25) is 14.9 Å². The highest BCUT2D eigenvalue weighted by Gasteiger charge is 2.24. The van der Waals surface area contributed by atoms with Crippen LogP contribution in [0.15, 0.2) is 28.8 Å². The molecule has 0 radical (unpaired) electrons. The van der Waals surface area contributed by atoms with Gasteiger partial charge in [0.1, 0.15) is 12.4 Å². The summed E-state index contributed by atoms with van der Waals surface area (Å²) in [7, 11) is 0. The summed E-state index contributed by atoms with van der Waals surface area (Å²) in [6.07, 6.45) is 0. The third-order valence-corrected chi connectivity index (χ3v) is 3.40. The molecule has 1 heterocycles. The van der Waals surface area contributed by atoms with E-state index in [0.29, 0.717) is 17.0 Å². The Morgan fingerprint density at radius 1 is 1.36 bits per heavy atom. The Hall–Kier alpha value is -2.70. The number of aryl methyl sites for hydroxylation is 2. The molecule has 7 nitrogen and oxygen atoms in total. The van der Waals surface area contributed by atoms with Crippen LogP contribution in [0.25, 0.3) is 0 Å². The van der Waals surface area contributed by atoms with E-state index < -0.39 is 16.8 Å². The van der Waals surface area contributed by atoms with Crippen LogP contribution in [-0.2, 0) is 16.1 Å². The minimum absolute atomic E-state index is 0.000773. The number of aromatic nitrogens is 1. The molecular formula is C15H16N2O5. The molecule has 116 valence electrons. The van der Waals surface area contributed by atoms with Gasteiger partial charge in [0, 0.05) is 17.7 Å². The van der Waals surface area contributed by atoms with Crippen molar-refractivity contribution >= 4 is 11.7 Å². The second kappa shape index (κ2) is 6.38. The fourth-order valence-corrected chi connectivity index (χ4v) is 2.22. The lowest BCUT2D eigenvalue weighted by molar-refractivity contribution is -0.384. The lowest BCUT2D eigenvalue weighted by Gasteiger charge is -2.11. The van der Waals surface area contributed by atoms with E-state index in [1.54, 1.807) is 32.9 Å². The zero-order chi connectivity index (χ0) is 16.3. The van der Waals surface area contributed by atoms with Gasteiger partial charge < -0.3 is 9.26 Å². The van der Waals surface area contributed by atoms with Crippen molar-refractivity contribution in [3.05, 3.63) is 57.0 Å². The average molecular weight is 304 g/mol. The molecule has 0 bridgehead atoms. The lowest BCUT2D eigenvalue weighted by atomic mass is 10.00. The van der Waals surface area contributed by atoms with Crippen LogP contribution in [0.3, 0.4) is 0 Å². The van der Waals surface area contributed by atoms with E-state index in [9.17, 15) is 14.9 Å². The summed E-state index contributed by atoms with van der Waals surface area (Å²) in [4.78, 5) is 22.2. The molecule has 0 aliphatic carbocycles. The number of hydrogen-bond acceptors (Lipinski definition) is 6. The van der Waals surface area contributed by atoms with Crippen molar-refractivity contribution < 1.29 is 19.0 Å². The number of non-ortho nitro benzene ring substituents is 1. The highest BCUT2D eigenvalue weighted by atomic mass is 16.6. The number of hydrogen-bond donors (Lipinski definition) is 0. The van der Waals surface area contributed by atoms with Gasteiger partial charge >= 0.3 is 5.97 Å². The summed E-state index contributed by atoms with van der Waals surface area (Å²) in [6.45, 7) is 5.30. The lowest BCUT2D eigenvalue weighted by Crippen LogP contribution is -2.14. The molecule has 0 saturated heterocycles. The Labute approximate surface area is 127 Å². The number of benzene rings is 1. The molecule has 0 amide bonds. The van der Waals surface area contributed by atoms with Crippen LogP contribution in [-0.4, -0.2) is 16.0 Å². The molecule has 0 saturated carbocycles. The van der Waals surface area contributed by atoms with Crippen LogP contribution in [0.1, 0.15) is 35.4 Å². The summed E-state index contributed by atoms with van der Waals surface area (Å²) < 4.78 is 10.3. The summed E-state index contributed by atoms with van der Waals surface area (Å²) in [5, 5.41) is 14.4. The number of carbonyl (C=O) groups is 1. The van der Waals surface area contributed by atoms with E-state index in [1.807, 2.05) is 0 Å². The van der Waals surface area contributed by atoms with Gasteiger partial charge in [-0.15, -0.1) is 0 Å². The summed E-state index contributed by atoms with van der Waals surface area (Å²) in [5.41, 5.74) is 2.08. The molecule has 2 rings (SSSR count). The Morgan fingerprint density at radius 2 is 2.00 bits per heavy atom. The third-order valence-electron chi connectivity index (χ3n) is 3.40. The predicted molar refractivity (Wildman–Crippen MR) is 77.3 cm³/mol.